The summed E-state index contributed by atoms with van der Waals surface area (Å²) in [6, 6.07) is 0. The van der Waals surface area contributed by atoms with Gasteiger partial charge in [0.1, 0.15) is 0 Å². The fourth-order valence-corrected chi connectivity index (χ4v) is 3.96. The van der Waals surface area contributed by atoms with Crippen LogP contribution in [0.25, 0.3) is 0 Å². The van der Waals surface area contributed by atoms with E-state index in [0.717, 1.165) is 0 Å². The normalized spacial score (nSPS) is 22.1. The van der Waals surface area contributed by atoms with Gasteiger partial charge in [-0.05, 0) is 20.3 Å². The van der Waals surface area contributed by atoms with Crippen LogP contribution in [0.4, 0.5) is 13.2 Å². The first-order valence-electron chi connectivity index (χ1n) is 5.83. The first kappa shape index (κ1) is 15.7. The van der Waals surface area contributed by atoms with Crippen molar-refractivity contribution < 1.29 is 21.6 Å². The molecule has 0 unspecified atom stereocenters. The van der Waals surface area contributed by atoms with E-state index in [9.17, 15) is 21.6 Å². The highest BCUT2D eigenvalue weighted by Crippen LogP contribution is 2.25. The van der Waals surface area contributed by atoms with Crippen molar-refractivity contribution in [1.82, 2.24) is 9.62 Å². The van der Waals surface area contributed by atoms with Crippen LogP contribution in [0.2, 0.25) is 0 Å². The van der Waals surface area contributed by atoms with Crippen molar-refractivity contribution in [2.75, 3.05) is 25.4 Å². The third-order valence-electron chi connectivity index (χ3n) is 2.92. The van der Waals surface area contributed by atoms with E-state index in [2.05, 4.69) is 5.32 Å². The zero-order chi connectivity index (χ0) is 14.0. The van der Waals surface area contributed by atoms with Crippen molar-refractivity contribution in [1.29, 1.82) is 0 Å². The number of halogens is 3. The van der Waals surface area contributed by atoms with E-state index in [-0.39, 0.29) is 6.42 Å². The Morgan fingerprint density at radius 3 is 2.44 bits per heavy atom. The minimum atomic E-state index is -4.30. The molecular formula is C10H19F3N2O2S. The summed E-state index contributed by atoms with van der Waals surface area (Å²) in [6.07, 6.45) is -5.74. The molecule has 0 amide bonds. The first-order chi connectivity index (χ1) is 8.05. The molecule has 0 saturated carbocycles. The molecular weight excluding hydrogens is 269 g/mol. The SMILES string of the molecule is CC1(C)CNCCN1S(=O)(=O)CCCC(F)(F)F. The second-order valence-corrected chi connectivity index (χ2v) is 7.11. The maximum Gasteiger partial charge on any atom is 0.389 e. The maximum atomic E-state index is 12.0. The van der Waals surface area contributed by atoms with Crippen LogP contribution in [0.5, 0.6) is 0 Å². The molecule has 18 heavy (non-hydrogen) atoms. The highest BCUT2D eigenvalue weighted by atomic mass is 32.2. The predicted molar refractivity (Wildman–Crippen MR) is 62.7 cm³/mol. The van der Waals surface area contributed by atoms with Crippen molar-refractivity contribution in [3.05, 3.63) is 0 Å². The van der Waals surface area contributed by atoms with Crippen LogP contribution >= 0.6 is 0 Å². The van der Waals surface area contributed by atoms with E-state index < -0.39 is 33.9 Å². The molecule has 1 aliphatic heterocycles. The van der Waals surface area contributed by atoms with Gasteiger partial charge < -0.3 is 5.32 Å². The van der Waals surface area contributed by atoms with E-state index in [0.29, 0.717) is 19.6 Å². The van der Waals surface area contributed by atoms with Crippen molar-refractivity contribution in [3.63, 3.8) is 0 Å². The average molecular weight is 288 g/mol. The van der Waals surface area contributed by atoms with Crippen LogP contribution in [0.1, 0.15) is 26.7 Å². The zero-order valence-corrected chi connectivity index (χ0v) is 11.4. The summed E-state index contributed by atoms with van der Waals surface area (Å²) in [5.74, 6) is -0.448. The third-order valence-corrected chi connectivity index (χ3v) is 5.08. The highest BCUT2D eigenvalue weighted by Gasteiger charge is 2.38. The quantitative estimate of drug-likeness (QED) is 0.849. The number of piperazine rings is 1. The molecule has 0 spiro atoms. The summed E-state index contributed by atoms with van der Waals surface area (Å²) >= 11 is 0. The number of alkyl halides is 3. The summed E-state index contributed by atoms with van der Waals surface area (Å²) in [7, 11) is -3.62. The largest absolute Gasteiger partial charge is 0.389 e. The van der Waals surface area contributed by atoms with Gasteiger partial charge in [0.15, 0.2) is 0 Å². The fraction of sp³-hybridized carbons (Fsp3) is 1.00. The third kappa shape index (κ3) is 4.40. The number of sulfonamides is 1. The van der Waals surface area contributed by atoms with Gasteiger partial charge in [-0.2, -0.15) is 17.5 Å². The Labute approximate surface area is 106 Å². The zero-order valence-electron chi connectivity index (χ0n) is 10.5. The van der Waals surface area contributed by atoms with Gasteiger partial charge in [0.2, 0.25) is 10.0 Å². The number of hydrogen-bond donors (Lipinski definition) is 1. The molecule has 4 nitrogen and oxygen atoms in total. The molecule has 1 aliphatic rings. The molecule has 0 aromatic heterocycles. The summed E-state index contributed by atoms with van der Waals surface area (Å²) in [6.45, 7) is 4.87. The molecule has 0 atom stereocenters. The lowest BCUT2D eigenvalue weighted by atomic mass is 10.0. The molecule has 0 aromatic carbocycles. The van der Waals surface area contributed by atoms with E-state index in [1.165, 1.54) is 4.31 Å². The Bertz CT molecular complexity index is 379. The monoisotopic (exact) mass is 288 g/mol. The van der Waals surface area contributed by atoms with Gasteiger partial charge in [0.05, 0.1) is 5.75 Å². The second kappa shape index (κ2) is 5.34. The van der Waals surface area contributed by atoms with Gasteiger partial charge in [0, 0.05) is 31.6 Å². The molecule has 1 heterocycles. The molecule has 8 heteroatoms. The Kier molecular flexibility index (Phi) is 4.66. The highest BCUT2D eigenvalue weighted by molar-refractivity contribution is 7.89. The lowest BCUT2D eigenvalue weighted by Crippen LogP contribution is -2.60. The van der Waals surface area contributed by atoms with Crippen LogP contribution in [0.3, 0.4) is 0 Å². The molecule has 1 fully saturated rings. The topological polar surface area (TPSA) is 49.4 Å². The number of nitrogens with zero attached hydrogens (tertiary/aromatic N) is 1. The lowest BCUT2D eigenvalue weighted by molar-refractivity contribution is -0.134. The van der Waals surface area contributed by atoms with Gasteiger partial charge in [-0.15, -0.1) is 0 Å². The van der Waals surface area contributed by atoms with Crippen molar-refractivity contribution in [3.8, 4) is 0 Å². The van der Waals surface area contributed by atoms with Crippen molar-refractivity contribution >= 4 is 10.0 Å². The molecule has 0 radical (unpaired) electrons. The van der Waals surface area contributed by atoms with Crippen LogP contribution < -0.4 is 5.32 Å². The number of nitrogens with one attached hydrogen (secondary N) is 1. The molecule has 108 valence electrons. The number of rotatable bonds is 4. The van der Waals surface area contributed by atoms with E-state index in [4.69, 9.17) is 0 Å². The van der Waals surface area contributed by atoms with Gasteiger partial charge in [-0.1, -0.05) is 0 Å². The van der Waals surface area contributed by atoms with E-state index in [1.807, 2.05) is 0 Å². The van der Waals surface area contributed by atoms with Gasteiger partial charge in [0.25, 0.3) is 0 Å². The first-order valence-corrected chi connectivity index (χ1v) is 7.43. The summed E-state index contributed by atoms with van der Waals surface area (Å²) < 4.78 is 61.4. The standard InChI is InChI=1S/C10H19F3N2O2S/c1-9(2)8-14-5-6-15(9)18(16,17)7-3-4-10(11,12)13/h14H,3-8H2,1-2H3. The predicted octanol–water partition coefficient (Wildman–Crippen LogP) is 1.34. The van der Waals surface area contributed by atoms with Gasteiger partial charge >= 0.3 is 6.18 Å². The summed E-state index contributed by atoms with van der Waals surface area (Å²) in [5.41, 5.74) is -0.588. The molecule has 1 rings (SSSR count). The number of hydrogen-bond acceptors (Lipinski definition) is 3. The molecule has 0 aliphatic carbocycles. The Morgan fingerprint density at radius 2 is 1.94 bits per heavy atom. The fourth-order valence-electron chi connectivity index (χ4n) is 2.05. The minimum absolute atomic E-state index is 0.307. The second-order valence-electron chi connectivity index (χ2n) is 5.10. The van der Waals surface area contributed by atoms with Crippen LogP contribution in [-0.4, -0.2) is 49.8 Å². The van der Waals surface area contributed by atoms with Crippen LogP contribution in [0.15, 0.2) is 0 Å². The van der Waals surface area contributed by atoms with Crippen molar-refractivity contribution in [2.24, 2.45) is 0 Å². The van der Waals surface area contributed by atoms with Crippen LogP contribution in [-0.2, 0) is 10.0 Å². The van der Waals surface area contributed by atoms with Gasteiger partial charge in [-0.3, -0.25) is 0 Å². The lowest BCUT2D eigenvalue weighted by Gasteiger charge is -2.41. The van der Waals surface area contributed by atoms with E-state index >= 15 is 0 Å². The smallest absolute Gasteiger partial charge is 0.314 e. The average Bonchev–Trinajstić information content (AvgIpc) is 2.13. The molecule has 1 N–H and O–H groups in total. The molecule has 1 saturated heterocycles. The Balaban J connectivity index is 2.63. The van der Waals surface area contributed by atoms with Crippen LogP contribution in [0, 0.1) is 0 Å². The summed E-state index contributed by atoms with van der Waals surface area (Å²) in [5, 5.41) is 3.07. The Hall–Kier alpha value is -0.340. The van der Waals surface area contributed by atoms with Crippen molar-refractivity contribution in [2.45, 2.75) is 38.4 Å². The maximum absolute atomic E-state index is 12.0. The minimum Gasteiger partial charge on any atom is -0.314 e. The molecule has 0 bridgehead atoms. The Morgan fingerprint density at radius 1 is 1.33 bits per heavy atom. The van der Waals surface area contributed by atoms with E-state index in [1.54, 1.807) is 13.8 Å². The summed E-state index contributed by atoms with van der Waals surface area (Å²) in [4.78, 5) is 0. The molecule has 0 aromatic rings. The van der Waals surface area contributed by atoms with Gasteiger partial charge in [-0.25, -0.2) is 8.42 Å².